The van der Waals surface area contributed by atoms with Gasteiger partial charge in [-0.05, 0) is 24.3 Å². The van der Waals surface area contributed by atoms with Crippen molar-refractivity contribution in [1.82, 2.24) is 4.98 Å². The molecular formula is C12H12FN3O2S. The Morgan fingerprint density at radius 1 is 1.21 bits per heavy atom. The summed E-state index contributed by atoms with van der Waals surface area (Å²) in [5.41, 5.74) is 5.84. The molecule has 0 bridgehead atoms. The van der Waals surface area contributed by atoms with Crippen LogP contribution in [0.15, 0.2) is 47.5 Å². The number of nitrogens with two attached hydrogens (primary N) is 1. The predicted molar refractivity (Wildman–Crippen MR) is 69.3 cm³/mol. The first-order valence-electron chi connectivity index (χ1n) is 5.45. The second kappa shape index (κ2) is 5.33. The molecule has 5 nitrogen and oxygen atoms in total. The van der Waals surface area contributed by atoms with Gasteiger partial charge in [-0.3, -0.25) is 9.71 Å². The number of nitrogens with zero attached hydrogens (tertiary/aromatic N) is 1. The molecular weight excluding hydrogens is 269 g/mol. The maximum Gasteiger partial charge on any atom is 0.263 e. The molecule has 7 heteroatoms. The molecule has 1 aromatic heterocycles. The van der Waals surface area contributed by atoms with Crippen LogP contribution in [0.2, 0.25) is 0 Å². The number of rotatable bonds is 4. The van der Waals surface area contributed by atoms with Crippen molar-refractivity contribution in [3.8, 4) is 0 Å². The Bertz CT molecular complexity index is 672. The van der Waals surface area contributed by atoms with Gasteiger partial charge in [0.05, 0.1) is 11.4 Å². The smallest absolute Gasteiger partial charge is 0.263 e. The molecule has 0 aliphatic rings. The fraction of sp³-hybridized carbons (Fsp3) is 0.0833. The first-order chi connectivity index (χ1) is 9.03. The van der Waals surface area contributed by atoms with Crippen LogP contribution in [0.1, 0.15) is 5.69 Å². The molecule has 2 aromatic rings. The molecule has 0 aliphatic carbocycles. The van der Waals surface area contributed by atoms with Crippen molar-refractivity contribution in [1.29, 1.82) is 0 Å². The lowest BCUT2D eigenvalue weighted by Crippen LogP contribution is -2.14. The zero-order valence-corrected chi connectivity index (χ0v) is 10.7. The molecule has 19 heavy (non-hydrogen) atoms. The molecule has 1 heterocycles. The quantitative estimate of drug-likeness (QED) is 0.889. The third-order valence-electron chi connectivity index (χ3n) is 2.44. The van der Waals surface area contributed by atoms with E-state index in [-0.39, 0.29) is 17.1 Å². The van der Waals surface area contributed by atoms with Gasteiger partial charge in [0.1, 0.15) is 10.7 Å². The number of aromatic nitrogens is 1. The second-order valence-corrected chi connectivity index (χ2v) is 5.46. The van der Waals surface area contributed by atoms with Gasteiger partial charge in [-0.2, -0.15) is 0 Å². The van der Waals surface area contributed by atoms with Crippen molar-refractivity contribution in [3.05, 3.63) is 54.1 Å². The highest BCUT2D eigenvalue weighted by Crippen LogP contribution is 2.18. The van der Waals surface area contributed by atoms with Crippen LogP contribution in [0.25, 0.3) is 0 Å². The SMILES string of the molecule is NCc1ccc(S(=O)(=O)Nc2ccccc2F)cn1. The molecule has 0 radical (unpaired) electrons. The molecule has 0 spiro atoms. The molecule has 0 fully saturated rings. The number of nitrogens with one attached hydrogen (secondary N) is 1. The van der Waals surface area contributed by atoms with E-state index in [1.54, 1.807) is 0 Å². The largest absolute Gasteiger partial charge is 0.325 e. The van der Waals surface area contributed by atoms with Crippen molar-refractivity contribution < 1.29 is 12.8 Å². The Kier molecular flexibility index (Phi) is 3.77. The van der Waals surface area contributed by atoms with Crippen LogP contribution in [0.5, 0.6) is 0 Å². The summed E-state index contributed by atoms with van der Waals surface area (Å²) >= 11 is 0. The van der Waals surface area contributed by atoms with Crippen LogP contribution in [0.4, 0.5) is 10.1 Å². The molecule has 1 aromatic carbocycles. The molecule has 2 rings (SSSR count). The van der Waals surface area contributed by atoms with Gasteiger partial charge >= 0.3 is 0 Å². The lowest BCUT2D eigenvalue weighted by atomic mass is 10.3. The van der Waals surface area contributed by atoms with Crippen molar-refractivity contribution in [2.75, 3.05) is 4.72 Å². The van der Waals surface area contributed by atoms with Crippen molar-refractivity contribution in [2.45, 2.75) is 11.4 Å². The number of hydrogen-bond acceptors (Lipinski definition) is 4. The minimum absolute atomic E-state index is 0.0482. The molecule has 3 N–H and O–H groups in total. The zero-order valence-electron chi connectivity index (χ0n) is 9.88. The average molecular weight is 281 g/mol. The monoisotopic (exact) mass is 281 g/mol. The summed E-state index contributed by atoms with van der Waals surface area (Å²) in [5.74, 6) is -0.641. The van der Waals surface area contributed by atoms with Gasteiger partial charge in [0.2, 0.25) is 0 Å². The Morgan fingerprint density at radius 2 is 1.95 bits per heavy atom. The third kappa shape index (κ3) is 3.07. The normalized spacial score (nSPS) is 11.3. The summed E-state index contributed by atoms with van der Waals surface area (Å²) in [4.78, 5) is 3.84. The number of sulfonamides is 1. The Balaban J connectivity index is 2.30. The lowest BCUT2D eigenvalue weighted by Gasteiger charge is -2.08. The molecule has 0 unspecified atom stereocenters. The highest BCUT2D eigenvalue weighted by atomic mass is 32.2. The molecule has 0 saturated carbocycles. The molecule has 0 amide bonds. The van der Waals surface area contributed by atoms with Crippen LogP contribution in [0, 0.1) is 5.82 Å². The standard InChI is InChI=1S/C12H12FN3O2S/c13-11-3-1-2-4-12(11)16-19(17,18)10-6-5-9(7-14)15-8-10/h1-6,8,16H,7,14H2. The topological polar surface area (TPSA) is 85.1 Å². The van der Waals surface area contributed by atoms with E-state index in [1.807, 2.05) is 0 Å². The molecule has 0 atom stereocenters. The maximum absolute atomic E-state index is 13.4. The number of halogens is 1. The summed E-state index contributed by atoms with van der Waals surface area (Å²) in [7, 11) is -3.85. The molecule has 0 aliphatic heterocycles. The fourth-order valence-corrected chi connectivity index (χ4v) is 2.45. The Hall–Kier alpha value is -1.99. The first-order valence-corrected chi connectivity index (χ1v) is 6.93. The van der Waals surface area contributed by atoms with E-state index in [2.05, 4.69) is 9.71 Å². The van der Waals surface area contributed by atoms with Crippen LogP contribution >= 0.6 is 0 Å². The van der Waals surface area contributed by atoms with Gasteiger partial charge in [-0.15, -0.1) is 0 Å². The van der Waals surface area contributed by atoms with Crippen LogP contribution < -0.4 is 10.5 Å². The average Bonchev–Trinajstić information content (AvgIpc) is 2.41. The van der Waals surface area contributed by atoms with Crippen LogP contribution in [-0.2, 0) is 16.6 Å². The van der Waals surface area contributed by atoms with E-state index in [9.17, 15) is 12.8 Å². The second-order valence-electron chi connectivity index (χ2n) is 3.77. The minimum Gasteiger partial charge on any atom is -0.325 e. The Morgan fingerprint density at radius 3 is 2.53 bits per heavy atom. The van der Waals surface area contributed by atoms with Crippen LogP contribution in [-0.4, -0.2) is 13.4 Å². The van der Waals surface area contributed by atoms with Crippen molar-refractivity contribution in [3.63, 3.8) is 0 Å². The molecule has 100 valence electrons. The van der Waals surface area contributed by atoms with E-state index in [0.717, 1.165) is 0 Å². The van der Waals surface area contributed by atoms with Gasteiger partial charge in [0.25, 0.3) is 10.0 Å². The number of anilines is 1. The Labute approximate surface area is 110 Å². The van der Waals surface area contributed by atoms with E-state index < -0.39 is 15.8 Å². The first kappa shape index (κ1) is 13.4. The lowest BCUT2D eigenvalue weighted by molar-refractivity contribution is 0.598. The molecule has 0 saturated heterocycles. The summed E-state index contributed by atoms with van der Waals surface area (Å²) in [6.07, 6.45) is 1.19. The number of benzene rings is 1. The summed E-state index contributed by atoms with van der Waals surface area (Å²) in [5, 5.41) is 0. The predicted octanol–water partition coefficient (Wildman–Crippen LogP) is 1.48. The maximum atomic E-state index is 13.4. The summed E-state index contributed by atoms with van der Waals surface area (Å²) < 4.78 is 39.6. The van der Waals surface area contributed by atoms with Gasteiger partial charge in [-0.1, -0.05) is 12.1 Å². The van der Waals surface area contributed by atoms with Crippen molar-refractivity contribution in [2.24, 2.45) is 5.73 Å². The highest BCUT2D eigenvalue weighted by Gasteiger charge is 2.16. The van der Waals surface area contributed by atoms with E-state index >= 15 is 0 Å². The van der Waals surface area contributed by atoms with Gasteiger partial charge in [-0.25, -0.2) is 12.8 Å². The number of para-hydroxylation sites is 1. The van der Waals surface area contributed by atoms with E-state index in [1.165, 1.54) is 42.6 Å². The van der Waals surface area contributed by atoms with Gasteiger partial charge in [0, 0.05) is 12.7 Å². The van der Waals surface area contributed by atoms with Crippen LogP contribution in [0.3, 0.4) is 0 Å². The minimum atomic E-state index is -3.85. The third-order valence-corrected chi connectivity index (χ3v) is 3.79. The van der Waals surface area contributed by atoms with Gasteiger partial charge < -0.3 is 5.73 Å². The highest BCUT2D eigenvalue weighted by molar-refractivity contribution is 7.92. The fourth-order valence-electron chi connectivity index (χ4n) is 1.44. The number of pyridine rings is 1. The summed E-state index contributed by atoms with van der Waals surface area (Å²) in [6.45, 7) is 0.223. The van der Waals surface area contributed by atoms with Crippen molar-refractivity contribution >= 4 is 15.7 Å². The van der Waals surface area contributed by atoms with Gasteiger partial charge in [0.15, 0.2) is 0 Å². The summed E-state index contributed by atoms with van der Waals surface area (Å²) in [6, 6.07) is 8.41. The number of hydrogen-bond donors (Lipinski definition) is 2. The van der Waals surface area contributed by atoms with E-state index in [0.29, 0.717) is 5.69 Å². The van der Waals surface area contributed by atoms with E-state index in [4.69, 9.17) is 5.73 Å². The zero-order chi connectivity index (χ0) is 13.9.